The first-order chi connectivity index (χ1) is 16.6. The molecule has 4 aromatic rings. The summed E-state index contributed by atoms with van der Waals surface area (Å²) in [5, 5.41) is 4.69. The van der Waals surface area contributed by atoms with Gasteiger partial charge in [-0.2, -0.15) is 5.10 Å². The van der Waals surface area contributed by atoms with Gasteiger partial charge in [-0.1, -0.05) is 12.1 Å². The second-order valence-electron chi connectivity index (χ2n) is 8.84. The van der Waals surface area contributed by atoms with Crippen molar-refractivity contribution in [2.75, 3.05) is 7.11 Å². The van der Waals surface area contributed by atoms with Gasteiger partial charge < -0.3 is 14.0 Å². The Labute approximate surface area is 199 Å². The van der Waals surface area contributed by atoms with Gasteiger partial charge in [0.15, 0.2) is 0 Å². The maximum absolute atomic E-state index is 12.7. The molecule has 7 nitrogen and oxygen atoms in total. The molecule has 0 radical (unpaired) electrons. The van der Waals surface area contributed by atoms with E-state index in [4.69, 9.17) is 19.6 Å². The number of hydrogen-bond acceptors (Lipinski definition) is 5. The lowest BCUT2D eigenvalue weighted by atomic mass is 10.1. The van der Waals surface area contributed by atoms with Crippen LogP contribution in [0.3, 0.4) is 0 Å². The van der Waals surface area contributed by atoms with Gasteiger partial charge in [-0.15, -0.1) is 0 Å². The Morgan fingerprint density at radius 2 is 2.00 bits per heavy atom. The van der Waals surface area contributed by atoms with Crippen LogP contribution in [0.5, 0.6) is 5.75 Å². The van der Waals surface area contributed by atoms with Crippen LogP contribution in [0.1, 0.15) is 42.4 Å². The molecule has 0 fully saturated rings. The van der Waals surface area contributed by atoms with Crippen LogP contribution in [0.4, 0.5) is 0 Å². The lowest BCUT2D eigenvalue weighted by molar-refractivity contribution is -0.144. The van der Waals surface area contributed by atoms with Crippen LogP contribution >= 0.6 is 0 Å². The second-order valence-corrected chi connectivity index (χ2v) is 8.84. The number of rotatable bonds is 7. The fourth-order valence-electron chi connectivity index (χ4n) is 4.68. The van der Waals surface area contributed by atoms with Crippen LogP contribution in [0.25, 0.3) is 22.3 Å². The van der Waals surface area contributed by atoms with E-state index in [2.05, 4.69) is 10.6 Å². The number of carbonyl (C=O) groups is 1. The molecule has 0 amide bonds. The lowest BCUT2D eigenvalue weighted by Crippen LogP contribution is -2.12. The first kappa shape index (κ1) is 22.2. The van der Waals surface area contributed by atoms with E-state index in [0.717, 1.165) is 63.7 Å². The minimum Gasteiger partial charge on any atom is -0.496 e. The highest BCUT2D eigenvalue weighted by atomic mass is 16.5. The zero-order valence-electron chi connectivity index (χ0n) is 20.0. The summed E-state index contributed by atoms with van der Waals surface area (Å²) in [4.78, 5) is 17.5. The van der Waals surface area contributed by atoms with Crippen LogP contribution < -0.4 is 4.74 Å². The summed E-state index contributed by atoms with van der Waals surface area (Å²) in [6, 6.07) is 14.1. The maximum Gasteiger partial charge on any atom is 0.312 e. The molecule has 0 unspecified atom stereocenters. The van der Waals surface area contributed by atoms with Crippen LogP contribution in [-0.2, 0) is 42.1 Å². The second kappa shape index (κ2) is 9.33. The van der Waals surface area contributed by atoms with E-state index in [1.807, 2.05) is 54.9 Å². The summed E-state index contributed by atoms with van der Waals surface area (Å²) >= 11 is 0. The van der Waals surface area contributed by atoms with Gasteiger partial charge >= 0.3 is 5.97 Å². The summed E-state index contributed by atoms with van der Waals surface area (Å²) in [7, 11) is 1.66. The van der Waals surface area contributed by atoms with Gasteiger partial charge in [-0.05, 0) is 68.1 Å². The molecule has 7 heteroatoms. The number of carbonyl (C=O) groups excluding carboxylic acids is 1. The topological polar surface area (TPSA) is 71.2 Å². The summed E-state index contributed by atoms with van der Waals surface area (Å²) in [6.07, 6.45) is 3.59. The summed E-state index contributed by atoms with van der Waals surface area (Å²) in [5.41, 5.74) is 6.73. The Morgan fingerprint density at radius 1 is 1.12 bits per heavy atom. The Morgan fingerprint density at radius 3 is 2.82 bits per heavy atom. The highest BCUT2D eigenvalue weighted by molar-refractivity contribution is 5.77. The standard InChI is InChI=1S/C27H30N4O3/c1-4-31-20(15-22(29-31)21-10-8-18(2)13-25(21)33-3)16-27(32)34-17-19-9-11-24-23(14-19)28-26-7-5-6-12-30(24)26/h8-11,13-15H,4-7,12,16-17H2,1-3H3. The van der Waals surface area contributed by atoms with Crippen molar-refractivity contribution in [3.63, 3.8) is 0 Å². The monoisotopic (exact) mass is 458 g/mol. The van der Waals surface area contributed by atoms with Crippen molar-refractivity contribution in [2.24, 2.45) is 0 Å². The van der Waals surface area contributed by atoms with Gasteiger partial charge in [0.2, 0.25) is 0 Å². The van der Waals surface area contributed by atoms with Crippen molar-refractivity contribution in [3.8, 4) is 17.0 Å². The van der Waals surface area contributed by atoms with Crippen molar-refractivity contribution in [2.45, 2.75) is 59.2 Å². The zero-order valence-corrected chi connectivity index (χ0v) is 20.0. The summed E-state index contributed by atoms with van der Waals surface area (Å²) in [6.45, 7) is 5.96. The molecule has 1 aliphatic rings. The Hall–Kier alpha value is -3.61. The molecule has 0 atom stereocenters. The molecular formula is C27H30N4O3. The number of aryl methyl sites for hydroxylation is 4. The zero-order chi connectivity index (χ0) is 23.7. The number of fused-ring (bicyclic) bond motifs is 3. The molecule has 0 saturated carbocycles. The molecule has 0 bridgehead atoms. The van der Waals surface area contributed by atoms with Crippen LogP contribution in [0, 0.1) is 6.92 Å². The van der Waals surface area contributed by atoms with Crippen molar-refractivity contribution in [1.29, 1.82) is 0 Å². The normalized spacial score (nSPS) is 13.1. The molecule has 34 heavy (non-hydrogen) atoms. The predicted molar refractivity (Wildman–Crippen MR) is 131 cm³/mol. The van der Waals surface area contributed by atoms with E-state index in [1.165, 1.54) is 12.8 Å². The molecule has 0 N–H and O–H groups in total. The maximum atomic E-state index is 12.7. The molecule has 2 aromatic heterocycles. The lowest BCUT2D eigenvalue weighted by Gasteiger charge is -2.13. The van der Waals surface area contributed by atoms with Gasteiger partial charge in [-0.25, -0.2) is 4.98 Å². The fourth-order valence-corrected chi connectivity index (χ4v) is 4.68. The van der Waals surface area contributed by atoms with E-state index >= 15 is 0 Å². The van der Waals surface area contributed by atoms with Gasteiger partial charge in [0.05, 0.1) is 36.0 Å². The summed E-state index contributed by atoms with van der Waals surface area (Å²) in [5.74, 6) is 1.65. The highest BCUT2D eigenvalue weighted by Crippen LogP contribution is 2.30. The number of imidazole rings is 1. The van der Waals surface area contributed by atoms with Crippen molar-refractivity contribution >= 4 is 17.0 Å². The van der Waals surface area contributed by atoms with E-state index in [-0.39, 0.29) is 19.0 Å². The molecule has 0 spiro atoms. The number of nitrogens with zero attached hydrogens (tertiary/aromatic N) is 4. The predicted octanol–water partition coefficient (Wildman–Crippen LogP) is 4.86. The van der Waals surface area contributed by atoms with Gasteiger partial charge in [0.1, 0.15) is 18.2 Å². The number of methoxy groups -OCH3 is 1. The Balaban J connectivity index is 1.28. The van der Waals surface area contributed by atoms with E-state index < -0.39 is 0 Å². The number of esters is 1. The quantitative estimate of drug-likeness (QED) is 0.370. The number of benzene rings is 2. The average Bonchev–Trinajstić information content (AvgIpc) is 3.43. The van der Waals surface area contributed by atoms with Crippen molar-refractivity contribution in [3.05, 3.63) is 65.1 Å². The first-order valence-electron chi connectivity index (χ1n) is 11.9. The highest BCUT2D eigenvalue weighted by Gasteiger charge is 2.17. The smallest absolute Gasteiger partial charge is 0.312 e. The fraction of sp³-hybridized carbons (Fsp3) is 0.370. The summed E-state index contributed by atoms with van der Waals surface area (Å²) < 4.78 is 15.3. The molecular weight excluding hydrogens is 428 g/mol. The van der Waals surface area contributed by atoms with Gasteiger partial charge in [-0.3, -0.25) is 9.48 Å². The molecule has 1 aliphatic heterocycles. The Kier molecular flexibility index (Phi) is 6.09. The number of aromatic nitrogens is 4. The Bertz CT molecular complexity index is 1350. The van der Waals surface area contributed by atoms with Gasteiger partial charge in [0, 0.05) is 25.1 Å². The number of ether oxygens (including phenoxy) is 2. The molecule has 3 heterocycles. The third kappa shape index (κ3) is 4.30. The minimum absolute atomic E-state index is 0.163. The van der Waals surface area contributed by atoms with Crippen molar-refractivity contribution in [1.82, 2.24) is 19.3 Å². The molecule has 0 saturated heterocycles. The molecule has 176 valence electrons. The van der Waals surface area contributed by atoms with Crippen LogP contribution in [0.2, 0.25) is 0 Å². The van der Waals surface area contributed by atoms with E-state index in [0.29, 0.717) is 6.54 Å². The average molecular weight is 459 g/mol. The van der Waals surface area contributed by atoms with E-state index in [9.17, 15) is 4.79 Å². The third-order valence-electron chi connectivity index (χ3n) is 6.44. The number of hydrogen-bond donors (Lipinski definition) is 0. The van der Waals surface area contributed by atoms with Crippen LogP contribution in [0.15, 0.2) is 42.5 Å². The molecule has 5 rings (SSSR count). The van der Waals surface area contributed by atoms with Crippen molar-refractivity contribution < 1.29 is 14.3 Å². The SMILES string of the molecule is CCn1nc(-c2ccc(C)cc2OC)cc1CC(=O)OCc1ccc2c(c1)nc1n2CCCC1. The molecule has 0 aliphatic carbocycles. The third-order valence-corrected chi connectivity index (χ3v) is 6.44. The van der Waals surface area contributed by atoms with E-state index in [1.54, 1.807) is 7.11 Å². The minimum atomic E-state index is -0.277. The van der Waals surface area contributed by atoms with Crippen LogP contribution in [-0.4, -0.2) is 32.4 Å². The van der Waals surface area contributed by atoms with Gasteiger partial charge in [0.25, 0.3) is 0 Å². The largest absolute Gasteiger partial charge is 0.496 e. The first-order valence-corrected chi connectivity index (χ1v) is 11.9. The molecule has 2 aromatic carbocycles.